The number of aromatic nitrogens is 1. The molecule has 4 rings (SSSR count). The van der Waals surface area contributed by atoms with Gasteiger partial charge in [0.05, 0.1) is 16.6 Å². The van der Waals surface area contributed by atoms with Crippen molar-refractivity contribution in [2.24, 2.45) is 5.73 Å². The van der Waals surface area contributed by atoms with E-state index >= 15 is 4.39 Å². The molecule has 0 radical (unpaired) electrons. The van der Waals surface area contributed by atoms with Gasteiger partial charge in [-0.1, -0.05) is 0 Å². The number of pyridine rings is 1. The lowest BCUT2D eigenvalue weighted by Gasteiger charge is -2.34. The Morgan fingerprint density at radius 3 is 2.73 bits per heavy atom. The van der Waals surface area contributed by atoms with Crippen LogP contribution in [0.5, 0.6) is 5.75 Å². The Morgan fingerprint density at radius 2 is 2.12 bits per heavy atom. The highest BCUT2D eigenvalue weighted by atomic mass is 19.1. The lowest BCUT2D eigenvalue weighted by Crippen LogP contribution is -2.39. The first-order chi connectivity index (χ1) is 12.3. The number of nitrogens with zero attached hydrogens (tertiary/aromatic N) is 3. The largest absolute Gasteiger partial charge is 0.504 e. The molecule has 0 unspecified atom stereocenters. The normalized spacial score (nSPS) is 19.4. The lowest BCUT2D eigenvalue weighted by atomic mass is 9.98. The quantitative estimate of drug-likeness (QED) is 0.700. The molecule has 1 fully saturated rings. The first kappa shape index (κ1) is 16.6. The van der Waals surface area contributed by atoms with E-state index in [2.05, 4.69) is 0 Å². The third-order valence-electron chi connectivity index (χ3n) is 5.24. The summed E-state index contributed by atoms with van der Waals surface area (Å²) in [5.41, 5.74) is 5.74. The van der Waals surface area contributed by atoms with E-state index in [4.69, 9.17) is 5.73 Å². The molecule has 0 bridgehead atoms. The molecule has 2 aliphatic heterocycles. The maximum atomic E-state index is 15.1. The summed E-state index contributed by atoms with van der Waals surface area (Å²) in [6.07, 6.45) is 2.41. The Hall–Kier alpha value is -2.81. The fraction of sp³-hybridized carbons (Fsp3) is 0.412. The van der Waals surface area contributed by atoms with Crippen LogP contribution in [0.2, 0.25) is 0 Å². The minimum absolute atomic E-state index is 0.0812. The van der Waals surface area contributed by atoms with Crippen molar-refractivity contribution in [2.75, 3.05) is 36.6 Å². The van der Waals surface area contributed by atoms with Crippen LogP contribution < -0.4 is 21.1 Å². The number of anilines is 1. The Balaban J connectivity index is 2.13. The van der Waals surface area contributed by atoms with Crippen molar-refractivity contribution in [3.05, 3.63) is 33.4 Å². The van der Waals surface area contributed by atoms with Crippen LogP contribution in [0.25, 0.3) is 10.9 Å². The third-order valence-corrected chi connectivity index (χ3v) is 5.24. The Labute approximate surface area is 147 Å². The standard InChI is InChI=1S/C17H19FN4O4/c1-20-4-3-9-13-11(15(23)10(17(25)26)7-22(13)20)16(24)12(18)14(9)21-5-2-8(19)6-21/h7-8,24H,2-6,19H2,1H3,(H,25,26)/t8-/m1/s1. The van der Waals surface area contributed by atoms with E-state index in [1.807, 2.05) is 0 Å². The van der Waals surface area contributed by atoms with E-state index < -0.39 is 28.5 Å². The third kappa shape index (κ3) is 2.16. The van der Waals surface area contributed by atoms with Crippen molar-refractivity contribution in [3.8, 4) is 5.75 Å². The summed E-state index contributed by atoms with van der Waals surface area (Å²) in [5.74, 6) is -3.12. The molecule has 1 aromatic heterocycles. The van der Waals surface area contributed by atoms with E-state index in [1.165, 1.54) is 10.9 Å². The Bertz CT molecular complexity index is 1000. The topological polar surface area (TPSA) is 112 Å². The van der Waals surface area contributed by atoms with Crippen LogP contribution in [0.15, 0.2) is 11.0 Å². The van der Waals surface area contributed by atoms with Crippen molar-refractivity contribution in [1.29, 1.82) is 0 Å². The molecular weight excluding hydrogens is 343 g/mol. The van der Waals surface area contributed by atoms with E-state index in [9.17, 15) is 19.8 Å². The number of hydrogen-bond donors (Lipinski definition) is 3. The van der Waals surface area contributed by atoms with Gasteiger partial charge in [-0.25, -0.2) is 9.18 Å². The lowest BCUT2D eigenvalue weighted by molar-refractivity contribution is 0.0695. The highest BCUT2D eigenvalue weighted by Gasteiger charge is 2.33. The van der Waals surface area contributed by atoms with Gasteiger partial charge < -0.3 is 25.9 Å². The van der Waals surface area contributed by atoms with Gasteiger partial charge >= 0.3 is 5.97 Å². The van der Waals surface area contributed by atoms with Crippen molar-refractivity contribution < 1.29 is 19.4 Å². The smallest absolute Gasteiger partial charge is 0.341 e. The van der Waals surface area contributed by atoms with Gasteiger partial charge in [0.15, 0.2) is 11.6 Å². The number of carboxylic acid groups (broad SMARTS) is 1. The maximum Gasteiger partial charge on any atom is 0.341 e. The molecule has 4 N–H and O–H groups in total. The summed E-state index contributed by atoms with van der Waals surface area (Å²) in [5, 5.41) is 21.2. The van der Waals surface area contributed by atoms with E-state index in [1.54, 1.807) is 17.0 Å². The number of aromatic hydroxyl groups is 1. The zero-order chi connectivity index (χ0) is 18.7. The van der Waals surface area contributed by atoms with Crippen LogP contribution in [0.4, 0.5) is 10.1 Å². The molecule has 8 nitrogen and oxygen atoms in total. The number of aromatic carboxylic acids is 1. The van der Waals surface area contributed by atoms with Gasteiger partial charge in [0.2, 0.25) is 5.43 Å². The first-order valence-corrected chi connectivity index (χ1v) is 8.39. The highest BCUT2D eigenvalue weighted by molar-refractivity contribution is 5.99. The van der Waals surface area contributed by atoms with Crippen LogP contribution in [0.1, 0.15) is 22.3 Å². The molecule has 2 aromatic rings. The number of phenols is 1. The van der Waals surface area contributed by atoms with E-state index in [0.717, 1.165) is 0 Å². The highest BCUT2D eigenvalue weighted by Crippen LogP contribution is 2.41. The molecule has 9 heteroatoms. The monoisotopic (exact) mass is 362 g/mol. The van der Waals surface area contributed by atoms with Crippen LogP contribution in [0.3, 0.4) is 0 Å². The first-order valence-electron chi connectivity index (χ1n) is 8.39. The molecule has 0 spiro atoms. The number of rotatable bonds is 2. The average molecular weight is 362 g/mol. The van der Waals surface area contributed by atoms with Gasteiger partial charge in [0.25, 0.3) is 0 Å². The van der Waals surface area contributed by atoms with Gasteiger partial charge in [-0.3, -0.25) is 9.47 Å². The van der Waals surface area contributed by atoms with Gasteiger partial charge in [0, 0.05) is 44.5 Å². The van der Waals surface area contributed by atoms with Crippen molar-refractivity contribution in [2.45, 2.75) is 18.9 Å². The van der Waals surface area contributed by atoms with Gasteiger partial charge in [0.1, 0.15) is 5.56 Å². The minimum atomic E-state index is -1.42. The zero-order valence-electron chi connectivity index (χ0n) is 14.2. The number of carboxylic acids is 1. The molecule has 0 saturated carbocycles. The summed E-state index contributed by atoms with van der Waals surface area (Å²) in [6, 6.07) is -0.0812. The second kappa shape index (κ2) is 5.60. The number of halogens is 1. The molecule has 1 atom stereocenters. The maximum absolute atomic E-state index is 15.1. The average Bonchev–Trinajstić information content (AvgIpc) is 3.01. The van der Waals surface area contributed by atoms with E-state index in [0.29, 0.717) is 43.6 Å². The molecule has 1 aromatic carbocycles. The van der Waals surface area contributed by atoms with Crippen LogP contribution in [-0.2, 0) is 6.42 Å². The van der Waals surface area contributed by atoms with Gasteiger partial charge in [-0.15, -0.1) is 0 Å². The van der Waals surface area contributed by atoms with Gasteiger partial charge in [-0.05, 0) is 12.8 Å². The summed E-state index contributed by atoms with van der Waals surface area (Å²) < 4.78 is 16.6. The fourth-order valence-electron chi connectivity index (χ4n) is 3.94. The van der Waals surface area contributed by atoms with Crippen molar-refractivity contribution in [1.82, 2.24) is 4.68 Å². The number of likely N-dealkylation sites (N-methyl/N-ethyl adjacent to an activating group) is 1. The molecule has 2 aliphatic rings. The summed E-state index contributed by atoms with van der Waals surface area (Å²) >= 11 is 0. The fourth-order valence-corrected chi connectivity index (χ4v) is 3.94. The molecule has 0 aliphatic carbocycles. The predicted molar refractivity (Wildman–Crippen MR) is 94.3 cm³/mol. The van der Waals surface area contributed by atoms with Crippen LogP contribution in [0, 0.1) is 5.82 Å². The van der Waals surface area contributed by atoms with Gasteiger partial charge in [-0.2, -0.15) is 0 Å². The zero-order valence-corrected chi connectivity index (χ0v) is 14.2. The number of hydrogen-bond acceptors (Lipinski definition) is 6. The van der Waals surface area contributed by atoms with Crippen LogP contribution in [-0.4, -0.2) is 53.6 Å². The summed E-state index contributed by atoms with van der Waals surface area (Å²) in [4.78, 5) is 25.8. The Kier molecular flexibility index (Phi) is 3.58. The number of phenolic OH excluding ortho intramolecular Hbond substituents is 1. The molecular formula is C17H19FN4O4. The second-order valence-electron chi connectivity index (χ2n) is 6.86. The SMILES string of the molecule is CN1CCc2c(N3CC[C@@H](N)C3)c(F)c(O)c3c(=O)c(C(=O)O)cn1c23. The number of nitrogens with two attached hydrogens (primary N) is 1. The minimum Gasteiger partial charge on any atom is -0.504 e. The molecule has 26 heavy (non-hydrogen) atoms. The Morgan fingerprint density at radius 1 is 1.38 bits per heavy atom. The molecule has 1 saturated heterocycles. The van der Waals surface area contributed by atoms with Crippen LogP contribution >= 0.6 is 0 Å². The van der Waals surface area contributed by atoms with E-state index in [-0.39, 0.29) is 17.1 Å². The number of benzene rings is 1. The molecule has 0 amide bonds. The number of carbonyl (C=O) groups is 1. The summed E-state index contributed by atoms with van der Waals surface area (Å²) in [6.45, 7) is 1.53. The van der Waals surface area contributed by atoms with Crippen molar-refractivity contribution in [3.63, 3.8) is 0 Å². The summed E-state index contributed by atoms with van der Waals surface area (Å²) in [7, 11) is 1.74. The molecule has 138 valence electrons. The van der Waals surface area contributed by atoms with Crippen molar-refractivity contribution >= 4 is 22.6 Å². The predicted octanol–water partition coefficient (Wildman–Crippen LogP) is 0.206. The second-order valence-corrected chi connectivity index (χ2v) is 6.86. The molecule has 3 heterocycles.